The number of ether oxygens (including phenoxy) is 1. The van der Waals surface area contributed by atoms with Gasteiger partial charge >= 0.3 is 5.97 Å². The van der Waals surface area contributed by atoms with Crippen molar-refractivity contribution < 1.29 is 18.7 Å². The maximum atomic E-state index is 13.9. The second kappa shape index (κ2) is 7.56. The summed E-state index contributed by atoms with van der Waals surface area (Å²) in [6, 6.07) is 11.3. The highest BCUT2D eigenvalue weighted by Gasteiger charge is 2.33. The third kappa shape index (κ3) is 4.20. The highest BCUT2D eigenvalue weighted by molar-refractivity contribution is 5.92. The van der Waals surface area contributed by atoms with E-state index in [9.17, 15) is 14.0 Å². The van der Waals surface area contributed by atoms with E-state index in [1.165, 1.54) is 12.1 Å². The van der Waals surface area contributed by atoms with Gasteiger partial charge in [0.05, 0.1) is 5.56 Å². The summed E-state index contributed by atoms with van der Waals surface area (Å²) in [4.78, 5) is 26.2. The number of carbonyl (C=O) groups is 2. The zero-order chi connectivity index (χ0) is 18.7. The topological polar surface area (TPSA) is 72.6 Å². The minimum atomic E-state index is -0.605. The standard InChI is InChI=1S/C20H21FN2O3/c1-13-6-7-14(10-18(13)22)20(25)26-12-19(24)23(16-8-9-16)11-15-4-2-3-5-17(15)21/h2-7,10,16H,8-9,11-12,22H2,1H3. The number of aryl methyl sites for hydroxylation is 1. The van der Waals surface area contributed by atoms with Gasteiger partial charge in [-0.3, -0.25) is 4.79 Å². The fourth-order valence-electron chi connectivity index (χ4n) is 2.68. The Hall–Kier alpha value is -2.89. The summed E-state index contributed by atoms with van der Waals surface area (Å²) in [7, 11) is 0. The number of benzene rings is 2. The van der Waals surface area contributed by atoms with E-state index in [0.29, 0.717) is 16.8 Å². The summed E-state index contributed by atoms with van der Waals surface area (Å²) < 4.78 is 19.0. The second-order valence-corrected chi connectivity index (χ2v) is 6.49. The molecule has 0 spiro atoms. The number of anilines is 1. The average molecular weight is 356 g/mol. The number of rotatable bonds is 6. The van der Waals surface area contributed by atoms with Crippen molar-refractivity contribution in [1.82, 2.24) is 4.90 Å². The van der Waals surface area contributed by atoms with Crippen molar-refractivity contribution in [1.29, 1.82) is 0 Å². The predicted octanol–water partition coefficient (Wildman–Crippen LogP) is 3.06. The molecule has 0 aromatic heterocycles. The Morgan fingerprint density at radius 2 is 1.96 bits per heavy atom. The number of nitrogens with two attached hydrogens (primary N) is 1. The SMILES string of the molecule is Cc1ccc(C(=O)OCC(=O)N(Cc2ccccc2F)C2CC2)cc1N. The smallest absolute Gasteiger partial charge is 0.338 e. The zero-order valence-corrected chi connectivity index (χ0v) is 14.6. The first-order chi connectivity index (χ1) is 12.5. The van der Waals surface area contributed by atoms with Crippen LogP contribution in [0.15, 0.2) is 42.5 Å². The lowest BCUT2D eigenvalue weighted by atomic mass is 10.1. The van der Waals surface area contributed by atoms with Crippen LogP contribution in [-0.4, -0.2) is 29.4 Å². The largest absolute Gasteiger partial charge is 0.452 e. The Kier molecular flexibility index (Phi) is 5.21. The van der Waals surface area contributed by atoms with Crippen LogP contribution in [0.2, 0.25) is 0 Å². The van der Waals surface area contributed by atoms with Crippen molar-refractivity contribution in [3.63, 3.8) is 0 Å². The Morgan fingerprint density at radius 1 is 1.23 bits per heavy atom. The van der Waals surface area contributed by atoms with E-state index in [1.807, 2.05) is 6.92 Å². The number of amides is 1. The Balaban J connectivity index is 1.62. The molecule has 1 aliphatic rings. The number of hydrogen-bond acceptors (Lipinski definition) is 4. The molecule has 136 valence electrons. The summed E-state index contributed by atoms with van der Waals surface area (Å²) in [5.74, 6) is -1.28. The van der Waals surface area contributed by atoms with Crippen LogP contribution in [-0.2, 0) is 16.1 Å². The molecule has 2 N–H and O–H groups in total. The van der Waals surface area contributed by atoms with Crippen LogP contribution < -0.4 is 5.73 Å². The average Bonchev–Trinajstić information content (AvgIpc) is 3.46. The molecule has 26 heavy (non-hydrogen) atoms. The van der Waals surface area contributed by atoms with Gasteiger partial charge in [-0.15, -0.1) is 0 Å². The van der Waals surface area contributed by atoms with E-state index < -0.39 is 5.97 Å². The highest BCUT2D eigenvalue weighted by atomic mass is 19.1. The van der Waals surface area contributed by atoms with E-state index in [-0.39, 0.29) is 30.9 Å². The summed E-state index contributed by atoms with van der Waals surface area (Å²) >= 11 is 0. The third-order valence-corrected chi connectivity index (χ3v) is 4.45. The van der Waals surface area contributed by atoms with Gasteiger partial charge in [0.15, 0.2) is 6.61 Å². The van der Waals surface area contributed by atoms with E-state index in [1.54, 1.807) is 35.2 Å². The molecule has 0 bridgehead atoms. The van der Waals surface area contributed by atoms with Crippen LogP contribution in [0.4, 0.5) is 10.1 Å². The van der Waals surface area contributed by atoms with Gasteiger partial charge in [-0.25, -0.2) is 9.18 Å². The first-order valence-electron chi connectivity index (χ1n) is 8.52. The number of hydrogen-bond donors (Lipinski definition) is 1. The molecule has 1 fully saturated rings. The van der Waals surface area contributed by atoms with Crippen LogP contribution in [0.3, 0.4) is 0 Å². The number of halogens is 1. The third-order valence-electron chi connectivity index (χ3n) is 4.45. The van der Waals surface area contributed by atoms with Gasteiger partial charge in [0.25, 0.3) is 5.91 Å². The minimum Gasteiger partial charge on any atom is -0.452 e. The highest BCUT2D eigenvalue weighted by Crippen LogP contribution is 2.29. The van der Waals surface area contributed by atoms with Gasteiger partial charge in [-0.05, 0) is 43.5 Å². The van der Waals surface area contributed by atoms with Crippen molar-refractivity contribution in [3.8, 4) is 0 Å². The number of esters is 1. The van der Waals surface area contributed by atoms with Crippen LogP contribution >= 0.6 is 0 Å². The molecule has 0 atom stereocenters. The second-order valence-electron chi connectivity index (χ2n) is 6.49. The van der Waals surface area contributed by atoms with Crippen molar-refractivity contribution in [2.75, 3.05) is 12.3 Å². The molecule has 1 aliphatic carbocycles. The van der Waals surface area contributed by atoms with Crippen molar-refractivity contribution in [2.45, 2.75) is 32.4 Å². The monoisotopic (exact) mass is 356 g/mol. The molecule has 6 heteroatoms. The number of nitrogens with zero attached hydrogens (tertiary/aromatic N) is 1. The fourth-order valence-corrected chi connectivity index (χ4v) is 2.68. The lowest BCUT2D eigenvalue weighted by molar-refractivity contribution is -0.135. The van der Waals surface area contributed by atoms with E-state index >= 15 is 0 Å². The van der Waals surface area contributed by atoms with E-state index in [0.717, 1.165) is 18.4 Å². The lowest BCUT2D eigenvalue weighted by Gasteiger charge is -2.22. The molecule has 2 aromatic rings. The van der Waals surface area contributed by atoms with Crippen LogP contribution in [0.5, 0.6) is 0 Å². The molecule has 0 heterocycles. The quantitative estimate of drug-likeness (QED) is 0.638. The first-order valence-corrected chi connectivity index (χ1v) is 8.52. The molecule has 0 radical (unpaired) electrons. The van der Waals surface area contributed by atoms with Crippen LogP contribution in [0.25, 0.3) is 0 Å². The fraction of sp³-hybridized carbons (Fsp3) is 0.300. The number of nitrogen functional groups attached to an aromatic ring is 1. The van der Waals surface area contributed by atoms with Crippen molar-refractivity contribution >= 4 is 17.6 Å². The summed E-state index contributed by atoms with van der Waals surface area (Å²) in [5.41, 5.74) is 7.89. The maximum Gasteiger partial charge on any atom is 0.338 e. The molecular formula is C20H21FN2O3. The number of carbonyl (C=O) groups excluding carboxylic acids is 2. The van der Waals surface area contributed by atoms with Gasteiger partial charge in [-0.2, -0.15) is 0 Å². The Morgan fingerprint density at radius 3 is 2.62 bits per heavy atom. The first kappa shape index (κ1) is 17.9. The molecular weight excluding hydrogens is 335 g/mol. The molecule has 0 aliphatic heterocycles. The van der Waals surface area contributed by atoms with Crippen molar-refractivity contribution in [2.24, 2.45) is 0 Å². The Bertz CT molecular complexity index is 834. The molecule has 1 amide bonds. The lowest BCUT2D eigenvalue weighted by Crippen LogP contribution is -2.36. The van der Waals surface area contributed by atoms with E-state index in [2.05, 4.69) is 0 Å². The van der Waals surface area contributed by atoms with Gasteiger partial charge in [0.2, 0.25) is 0 Å². The normalized spacial score (nSPS) is 13.3. The molecule has 3 rings (SSSR count). The molecule has 1 saturated carbocycles. The molecule has 2 aromatic carbocycles. The maximum absolute atomic E-state index is 13.9. The van der Waals surface area contributed by atoms with Crippen molar-refractivity contribution in [3.05, 3.63) is 65.0 Å². The summed E-state index contributed by atoms with van der Waals surface area (Å²) in [5, 5.41) is 0. The van der Waals surface area contributed by atoms with E-state index in [4.69, 9.17) is 10.5 Å². The zero-order valence-electron chi connectivity index (χ0n) is 14.6. The minimum absolute atomic E-state index is 0.0795. The molecule has 0 saturated heterocycles. The van der Waals surface area contributed by atoms with Crippen LogP contribution in [0.1, 0.15) is 34.3 Å². The van der Waals surface area contributed by atoms with Gasteiger partial charge in [-0.1, -0.05) is 24.3 Å². The Labute approximate surface area is 151 Å². The summed E-state index contributed by atoms with van der Waals surface area (Å²) in [6.45, 7) is 1.63. The van der Waals surface area contributed by atoms with Gasteiger partial charge in [0.1, 0.15) is 5.82 Å². The van der Waals surface area contributed by atoms with Gasteiger partial charge in [0, 0.05) is 23.8 Å². The van der Waals surface area contributed by atoms with Gasteiger partial charge < -0.3 is 15.4 Å². The summed E-state index contributed by atoms with van der Waals surface area (Å²) in [6.07, 6.45) is 1.76. The van der Waals surface area contributed by atoms with Crippen LogP contribution in [0, 0.1) is 12.7 Å². The predicted molar refractivity (Wildman–Crippen MR) is 95.8 cm³/mol. The molecule has 5 nitrogen and oxygen atoms in total. The molecule has 0 unspecified atom stereocenters.